The molecule has 0 aliphatic rings. The number of hydrogen-bond donors (Lipinski definition) is 0. The van der Waals surface area contributed by atoms with Crippen molar-refractivity contribution in [1.82, 2.24) is 0 Å². The van der Waals surface area contributed by atoms with Crippen molar-refractivity contribution >= 4 is 29.7 Å². The van der Waals surface area contributed by atoms with Gasteiger partial charge in [-0.3, -0.25) is 14.4 Å². The molecule has 0 bridgehead atoms. The van der Waals surface area contributed by atoms with Crippen LogP contribution in [0.15, 0.2) is 38.0 Å². The van der Waals surface area contributed by atoms with Gasteiger partial charge in [-0.15, -0.1) is 0 Å². The number of esters is 4. The van der Waals surface area contributed by atoms with Crippen LogP contribution in [0, 0.1) is 0 Å². The summed E-state index contributed by atoms with van der Waals surface area (Å²) in [6.07, 6.45) is 3.14. The summed E-state index contributed by atoms with van der Waals surface area (Å²) in [5.74, 6) is -2.63. The van der Waals surface area contributed by atoms with E-state index in [1.165, 1.54) is 13.0 Å². The highest BCUT2D eigenvalue weighted by Gasteiger charge is 1.97. The van der Waals surface area contributed by atoms with Gasteiger partial charge in [0.2, 0.25) is 0 Å². The maximum absolute atomic E-state index is 10.1. The largest absolute Gasteiger partial charge is 0.390 e. The number of allylic oxidation sites excluding steroid dienone is 1. The van der Waals surface area contributed by atoms with Gasteiger partial charge in [-0.2, -0.15) is 0 Å². The molecule has 0 saturated heterocycles. The Morgan fingerprint density at radius 1 is 0.667 bits per heavy atom. The second-order valence-corrected chi connectivity index (χ2v) is 3.05. The smallest absolute Gasteiger partial charge is 0.337 e. The lowest BCUT2D eigenvalue weighted by Gasteiger charge is -1.89. The van der Waals surface area contributed by atoms with E-state index >= 15 is 0 Å². The minimum absolute atomic E-state index is 0.0185. The summed E-state index contributed by atoms with van der Waals surface area (Å²) in [6, 6.07) is 0. The zero-order chi connectivity index (χ0) is 17.4. The molecule has 21 heavy (non-hydrogen) atoms. The van der Waals surface area contributed by atoms with Crippen LogP contribution in [-0.2, 0) is 33.4 Å². The molecule has 0 unspecified atom stereocenters. The summed E-state index contributed by atoms with van der Waals surface area (Å²) in [4.78, 5) is 49.7. The molecule has 0 saturated carbocycles. The van der Waals surface area contributed by atoms with E-state index < -0.39 is 23.9 Å². The zero-order valence-corrected chi connectivity index (χ0v) is 12.2. The highest BCUT2D eigenvalue weighted by molar-refractivity contribution is 5.91. The first-order valence-electron chi connectivity index (χ1n) is 5.43. The normalized spacial score (nSPS) is 7.38. The Balaban J connectivity index is -0.000000239. The van der Waals surface area contributed by atoms with Crippen LogP contribution in [0.1, 0.15) is 20.8 Å². The van der Waals surface area contributed by atoms with E-state index in [2.05, 4.69) is 29.2 Å². The SMILES string of the molecule is C=CC(=O)OC(C)=O.C=CC(=O)OC(C)=O.C=CC(C)=O. The van der Waals surface area contributed by atoms with E-state index in [1.54, 1.807) is 0 Å². The number of hydrogen-bond acceptors (Lipinski definition) is 7. The van der Waals surface area contributed by atoms with Crippen molar-refractivity contribution in [3.05, 3.63) is 38.0 Å². The number of carbonyl (C=O) groups excluding carboxylic acids is 5. The maximum Gasteiger partial charge on any atom is 0.337 e. The highest BCUT2D eigenvalue weighted by atomic mass is 16.6. The lowest BCUT2D eigenvalue weighted by Crippen LogP contribution is -2.04. The quantitative estimate of drug-likeness (QED) is 0.439. The number of ether oxygens (including phenoxy) is 2. The van der Waals surface area contributed by atoms with Gasteiger partial charge in [-0.25, -0.2) is 9.59 Å². The van der Waals surface area contributed by atoms with Gasteiger partial charge in [-0.05, 0) is 13.0 Å². The maximum atomic E-state index is 10.1. The third-order valence-corrected chi connectivity index (χ3v) is 1.11. The molecule has 0 aliphatic heterocycles. The summed E-state index contributed by atoms with van der Waals surface area (Å²) in [5.41, 5.74) is 0. The molecule has 0 spiro atoms. The lowest BCUT2D eigenvalue weighted by molar-refractivity contribution is -0.156. The van der Waals surface area contributed by atoms with Gasteiger partial charge in [0.1, 0.15) is 0 Å². The molecule has 116 valence electrons. The summed E-state index contributed by atoms with van der Waals surface area (Å²) in [6.45, 7) is 13.2. The predicted octanol–water partition coefficient (Wildman–Crippen LogP) is 1.29. The summed E-state index contributed by atoms with van der Waals surface area (Å²) in [7, 11) is 0. The van der Waals surface area contributed by atoms with Crippen molar-refractivity contribution in [2.24, 2.45) is 0 Å². The van der Waals surface area contributed by atoms with E-state index in [9.17, 15) is 24.0 Å². The summed E-state index contributed by atoms with van der Waals surface area (Å²) < 4.78 is 8.01. The average Bonchev–Trinajstić information content (AvgIpc) is 2.38. The fourth-order valence-electron chi connectivity index (χ4n) is 0.367. The number of carbonyl (C=O) groups is 5. The molecule has 7 heteroatoms. The minimum Gasteiger partial charge on any atom is -0.390 e. The van der Waals surface area contributed by atoms with Crippen LogP contribution in [0.2, 0.25) is 0 Å². The fraction of sp³-hybridized carbons (Fsp3) is 0.214. The molecular weight excluding hydrogens is 280 g/mol. The van der Waals surface area contributed by atoms with Gasteiger partial charge in [0, 0.05) is 26.0 Å². The van der Waals surface area contributed by atoms with Crippen LogP contribution >= 0.6 is 0 Å². The average molecular weight is 298 g/mol. The number of rotatable bonds is 3. The molecule has 0 aromatic carbocycles. The van der Waals surface area contributed by atoms with Crippen molar-refractivity contribution < 1.29 is 33.4 Å². The van der Waals surface area contributed by atoms with Crippen LogP contribution in [-0.4, -0.2) is 29.7 Å². The molecule has 0 N–H and O–H groups in total. The Kier molecular flexibility index (Phi) is 16.9. The monoisotopic (exact) mass is 298 g/mol. The van der Waals surface area contributed by atoms with Crippen LogP contribution in [0.4, 0.5) is 0 Å². The molecule has 0 rings (SSSR count). The van der Waals surface area contributed by atoms with Crippen LogP contribution in [0.25, 0.3) is 0 Å². The van der Waals surface area contributed by atoms with Crippen molar-refractivity contribution in [1.29, 1.82) is 0 Å². The first-order chi connectivity index (χ1) is 9.60. The molecule has 0 aromatic rings. The van der Waals surface area contributed by atoms with Crippen LogP contribution in [0.3, 0.4) is 0 Å². The Morgan fingerprint density at radius 2 is 0.905 bits per heavy atom. The molecule has 7 nitrogen and oxygen atoms in total. The van der Waals surface area contributed by atoms with E-state index in [4.69, 9.17) is 0 Å². The third kappa shape index (κ3) is 31.7. The Hall–Kier alpha value is -2.83. The van der Waals surface area contributed by atoms with Crippen molar-refractivity contribution in [3.63, 3.8) is 0 Å². The van der Waals surface area contributed by atoms with Gasteiger partial charge in [0.25, 0.3) is 0 Å². The van der Waals surface area contributed by atoms with E-state index in [0.29, 0.717) is 0 Å². The number of ketones is 1. The molecule has 0 aromatic heterocycles. The van der Waals surface area contributed by atoms with Gasteiger partial charge in [0.15, 0.2) is 5.78 Å². The second-order valence-electron chi connectivity index (χ2n) is 3.05. The van der Waals surface area contributed by atoms with Crippen molar-refractivity contribution in [3.8, 4) is 0 Å². The first kappa shape index (κ1) is 23.3. The molecule has 0 radical (unpaired) electrons. The minimum atomic E-state index is -0.711. The lowest BCUT2D eigenvalue weighted by atomic mass is 10.5. The fourth-order valence-corrected chi connectivity index (χ4v) is 0.367. The zero-order valence-electron chi connectivity index (χ0n) is 12.2. The molecular formula is C14H18O7. The van der Waals surface area contributed by atoms with Gasteiger partial charge in [0.05, 0.1) is 0 Å². The molecule has 0 atom stereocenters. The molecule has 0 amide bonds. The standard InChI is InChI=1S/2C5H6O3.C4H6O/c2*1-3-5(7)8-4(2)6;1-3-4(2)5/h2*3H,1H2,2H3;3H,1H2,2H3. The Morgan fingerprint density at radius 3 is 0.952 bits per heavy atom. The van der Waals surface area contributed by atoms with E-state index in [1.807, 2.05) is 0 Å². The van der Waals surface area contributed by atoms with Crippen LogP contribution in [0.5, 0.6) is 0 Å². The molecule has 0 fully saturated rings. The second kappa shape index (κ2) is 15.2. The van der Waals surface area contributed by atoms with Gasteiger partial charge in [-0.1, -0.05) is 19.7 Å². The Bertz CT molecular complexity index is 401. The summed E-state index contributed by atoms with van der Waals surface area (Å²) in [5, 5.41) is 0. The Labute approximate surface area is 122 Å². The van der Waals surface area contributed by atoms with E-state index in [0.717, 1.165) is 26.0 Å². The predicted molar refractivity (Wildman–Crippen MR) is 74.8 cm³/mol. The van der Waals surface area contributed by atoms with Gasteiger partial charge >= 0.3 is 23.9 Å². The van der Waals surface area contributed by atoms with E-state index in [-0.39, 0.29) is 5.78 Å². The highest BCUT2D eigenvalue weighted by Crippen LogP contribution is 1.78. The van der Waals surface area contributed by atoms with Gasteiger partial charge < -0.3 is 9.47 Å². The molecule has 0 heterocycles. The third-order valence-electron chi connectivity index (χ3n) is 1.11. The first-order valence-corrected chi connectivity index (χ1v) is 5.43. The topological polar surface area (TPSA) is 104 Å². The van der Waals surface area contributed by atoms with Crippen LogP contribution < -0.4 is 0 Å². The van der Waals surface area contributed by atoms with Crippen molar-refractivity contribution in [2.75, 3.05) is 0 Å². The summed E-state index contributed by atoms with van der Waals surface area (Å²) >= 11 is 0. The molecule has 0 aliphatic carbocycles. The van der Waals surface area contributed by atoms with Crippen molar-refractivity contribution in [2.45, 2.75) is 20.8 Å².